The molecule has 0 saturated carbocycles. The van der Waals surface area contributed by atoms with Crippen LogP contribution in [0.25, 0.3) is 5.69 Å². The molecular weight excluding hydrogens is 399 g/mol. The van der Waals surface area contributed by atoms with Crippen LogP contribution < -0.4 is 0 Å². The second kappa shape index (κ2) is 8.64. The van der Waals surface area contributed by atoms with Crippen LogP contribution in [-0.2, 0) is 15.7 Å². The first-order chi connectivity index (χ1) is 13.1. The lowest BCUT2D eigenvalue weighted by molar-refractivity contribution is -0.145. The SMILES string of the molecule is CCN(CC(C)C(=O)OC)C(=O)c1cnn(-c2ccc(Cl)cc2)c1C(F)(F)F. The van der Waals surface area contributed by atoms with Gasteiger partial charge >= 0.3 is 12.1 Å². The highest BCUT2D eigenvalue weighted by molar-refractivity contribution is 6.30. The largest absolute Gasteiger partial charge is 0.469 e. The molecule has 0 aliphatic carbocycles. The van der Waals surface area contributed by atoms with Gasteiger partial charge in [0.15, 0.2) is 5.69 Å². The monoisotopic (exact) mass is 417 g/mol. The fourth-order valence-electron chi connectivity index (χ4n) is 2.69. The molecule has 1 unspecified atom stereocenters. The van der Waals surface area contributed by atoms with Gasteiger partial charge in [0.25, 0.3) is 5.91 Å². The molecule has 1 heterocycles. The predicted octanol–water partition coefficient (Wildman–Crippen LogP) is 3.82. The minimum Gasteiger partial charge on any atom is -0.469 e. The third-order valence-electron chi connectivity index (χ3n) is 4.11. The molecule has 152 valence electrons. The fraction of sp³-hybridized carbons (Fsp3) is 0.389. The van der Waals surface area contributed by atoms with Crippen molar-refractivity contribution in [1.29, 1.82) is 0 Å². The summed E-state index contributed by atoms with van der Waals surface area (Å²) >= 11 is 5.78. The maximum absolute atomic E-state index is 13.7. The lowest BCUT2D eigenvalue weighted by atomic mass is 10.1. The lowest BCUT2D eigenvalue weighted by Gasteiger charge is -2.24. The highest BCUT2D eigenvalue weighted by Gasteiger charge is 2.41. The Morgan fingerprint density at radius 2 is 1.89 bits per heavy atom. The Kier molecular flexibility index (Phi) is 6.71. The Balaban J connectivity index is 2.45. The highest BCUT2D eigenvalue weighted by atomic mass is 35.5. The van der Waals surface area contributed by atoms with Crippen LogP contribution in [0.5, 0.6) is 0 Å². The van der Waals surface area contributed by atoms with Gasteiger partial charge in [-0.15, -0.1) is 0 Å². The Labute approximate surface area is 164 Å². The molecule has 6 nitrogen and oxygen atoms in total. The first-order valence-corrected chi connectivity index (χ1v) is 8.76. The Morgan fingerprint density at radius 3 is 2.39 bits per heavy atom. The van der Waals surface area contributed by atoms with Gasteiger partial charge in [-0.2, -0.15) is 18.3 Å². The van der Waals surface area contributed by atoms with Crippen LogP contribution in [0, 0.1) is 5.92 Å². The van der Waals surface area contributed by atoms with E-state index in [9.17, 15) is 22.8 Å². The predicted molar refractivity (Wildman–Crippen MR) is 96.3 cm³/mol. The van der Waals surface area contributed by atoms with E-state index in [1.165, 1.54) is 38.3 Å². The van der Waals surface area contributed by atoms with Crippen molar-refractivity contribution < 1.29 is 27.5 Å². The molecule has 0 fully saturated rings. The standard InChI is InChI=1S/C18H19ClF3N3O3/c1-4-24(10-11(2)17(27)28-3)16(26)14-9-23-25(15(14)18(20,21)22)13-7-5-12(19)6-8-13/h5-9,11H,4,10H2,1-3H3. The lowest BCUT2D eigenvalue weighted by Crippen LogP contribution is -2.38. The maximum atomic E-state index is 13.7. The topological polar surface area (TPSA) is 64.4 Å². The van der Waals surface area contributed by atoms with Crippen molar-refractivity contribution in [3.8, 4) is 5.69 Å². The Hall–Kier alpha value is -2.55. The molecule has 2 rings (SSSR count). The molecule has 1 amide bonds. The van der Waals surface area contributed by atoms with Gasteiger partial charge in [-0.25, -0.2) is 4.68 Å². The average Bonchev–Trinajstić information content (AvgIpc) is 3.10. The molecule has 0 N–H and O–H groups in total. The zero-order valence-corrected chi connectivity index (χ0v) is 16.2. The molecule has 1 atom stereocenters. The van der Waals surface area contributed by atoms with Crippen molar-refractivity contribution in [2.24, 2.45) is 5.92 Å². The van der Waals surface area contributed by atoms with Crippen LogP contribution in [0.3, 0.4) is 0 Å². The van der Waals surface area contributed by atoms with Gasteiger partial charge < -0.3 is 9.64 Å². The van der Waals surface area contributed by atoms with Crippen LogP contribution in [0.2, 0.25) is 5.02 Å². The number of nitrogens with zero attached hydrogens (tertiary/aromatic N) is 3. The molecule has 10 heteroatoms. The van der Waals surface area contributed by atoms with Crippen LogP contribution in [0.4, 0.5) is 13.2 Å². The van der Waals surface area contributed by atoms with Gasteiger partial charge in [0, 0.05) is 18.1 Å². The zero-order valence-electron chi connectivity index (χ0n) is 15.5. The van der Waals surface area contributed by atoms with Crippen LogP contribution in [0.15, 0.2) is 30.5 Å². The molecule has 0 radical (unpaired) electrons. The van der Waals surface area contributed by atoms with Crippen molar-refractivity contribution in [1.82, 2.24) is 14.7 Å². The second-order valence-electron chi connectivity index (χ2n) is 6.06. The molecule has 28 heavy (non-hydrogen) atoms. The summed E-state index contributed by atoms with van der Waals surface area (Å²) in [4.78, 5) is 25.5. The van der Waals surface area contributed by atoms with E-state index in [1.54, 1.807) is 6.92 Å². The first-order valence-electron chi connectivity index (χ1n) is 8.38. The molecule has 0 aliphatic heterocycles. The summed E-state index contributed by atoms with van der Waals surface area (Å²) in [6.45, 7) is 3.18. The van der Waals surface area contributed by atoms with Crippen molar-refractivity contribution >= 4 is 23.5 Å². The summed E-state index contributed by atoms with van der Waals surface area (Å²) < 4.78 is 46.5. The van der Waals surface area contributed by atoms with Crippen LogP contribution in [0.1, 0.15) is 29.9 Å². The smallest absolute Gasteiger partial charge is 0.434 e. The van der Waals surface area contributed by atoms with E-state index < -0.39 is 35.2 Å². The number of benzene rings is 1. The average molecular weight is 418 g/mol. The normalized spacial score (nSPS) is 12.5. The maximum Gasteiger partial charge on any atom is 0.434 e. The third kappa shape index (κ3) is 4.64. The molecular formula is C18H19ClF3N3O3. The summed E-state index contributed by atoms with van der Waals surface area (Å²) in [5.41, 5.74) is -1.67. The molecule has 0 saturated heterocycles. The number of carbonyl (C=O) groups is 2. The van der Waals surface area contributed by atoms with Gasteiger partial charge in [-0.3, -0.25) is 9.59 Å². The first kappa shape index (κ1) is 21.7. The molecule has 2 aromatic rings. The number of halogens is 4. The number of amides is 1. The Morgan fingerprint density at radius 1 is 1.29 bits per heavy atom. The number of carbonyl (C=O) groups excluding carboxylic acids is 2. The van der Waals surface area contributed by atoms with Crippen LogP contribution >= 0.6 is 11.6 Å². The van der Waals surface area contributed by atoms with Crippen molar-refractivity contribution in [2.75, 3.05) is 20.2 Å². The third-order valence-corrected chi connectivity index (χ3v) is 4.36. The van der Waals surface area contributed by atoms with Crippen molar-refractivity contribution in [3.05, 3.63) is 46.7 Å². The molecule has 1 aromatic carbocycles. The number of hydrogen-bond acceptors (Lipinski definition) is 4. The van der Waals surface area contributed by atoms with Gasteiger partial charge in [0.2, 0.25) is 0 Å². The molecule has 0 bridgehead atoms. The summed E-state index contributed by atoms with van der Waals surface area (Å²) in [5.74, 6) is -2.11. The minimum absolute atomic E-state index is 0.0779. The van der Waals surface area contributed by atoms with Crippen molar-refractivity contribution in [3.63, 3.8) is 0 Å². The quantitative estimate of drug-likeness (QED) is 0.670. The van der Waals surface area contributed by atoms with Gasteiger partial charge in [0.1, 0.15) is 0 Å². The summed E-state index contributed by atoms with van der Waals surface area (Å²) in [5, 5.41) is 4.12. The molecule has 0 spiro atoms. The number of alkyl halides is 3. The van der Waals surface area contributed by atoms with Crippen molar-refractivity contribution in [2.45, 2.75) is 20.0 Å². The van der Waals surface area contributed by atoms with Gasteiger partial charge in [-0.05, 0) is 31.2 Å². The van der Waals surface area contributed by atoms with E-state index in [-0.39, 0.29) is 18.8 Å². The molecule has 1 aromatic heterocycles. The molecule has 0 aliphatic rings. The second-order valence-corrected chi connectivity index (χ2v) is 6.50. The fourth-order valence-corrected chi connectivity index (χ4v) is 2.81. The number of hydrogen-bond donors (Lipinski definition) is 0. The number of aromatic nitrogens is 2. The number of esters is 1. The number of methoxy groups -OCH3 is 1. The minimum atomic E-state index is -4.82. The van der Waals surface area contributed by atoms with E-state index >= 15 is 0 Å². The number of ether oxygens (including phenoxy) is 1. The van der Waals surface area contributed by atoms with E-state index in [2.05, 4.69) is 9.84 Å². The summed E-state index contributed by atoms with van der Waals surface area (Å²) in [7, 11) is 1.20. The van der Waals surface area contributed by atoms with E-state index in [0.717, 1.165) is 11.1 Å². The van der Waals surface area contributed by atoms with E-state index in [0.29, 0.717) is 9.70 Å². The van der Waals surface area contributed by atoms with Gasteiger partial charge in [0.05, 0.1) is 30.5 Å². The Bertz CT molecular complexity index is 850. The summed E-state index contributed by atoms with van der Waals surface area (Å²) in [6, 6.07) is 5.60. The van der Waals surface area contributed by atoms with E-state index in [1.807, 2.05) is 0 Å². The van der Waals surface area contributed by atoms with Crippen LogP contribution in [-0.4, -0.2) is 46.8 Å². The highest BCUT2D eigenvalue weighted by Crippen LogP contribution is 2.34. The van der Waals surface area contributed by atoms with Gasteiger partial charge in [-0.1, -0.05) is 18.5 Å². The number of rotatable bonds is 6. The summed E-state index contributed by atoms with van der Waals surface area (Å²) in [6.07, 6.45) is -3.94. The van der Waals surface area contributed by atoms with E-state index in [4.69, 9.17) is 11.6 Å². The zero-order chi connectivity index (χ0) is 21.1.